The molecule has 2 nitrogen and oxygen atoms in total. The Labute approximate surface area is 62.2 Å². The average molecular weight is 141 g/mol. The molecule has 2 rings (SSSR count). The van der Waals surface area contributed by atoms with Gasteiger partial charge in [-0.2, -0.15) is 0 Å². The smallest absolute Gasteiger partial charge is 0.0536 e. The number of rotatable bonds is 0. The SMILES string of the molecule is CN1CC[C@@]2(CCOC2)C1. The second-order valence-corrected chi connectivity index (χ2v) is 3.79. The van der Waals surface area contributed by atoms with E-state index in [9.17, 15) is 0 Å². The van der Waals surface area contributed by atoms with E-state index in [1.54, 1.807) is 0 Å². The molecule has 0 N–H and O–H groups in total. The van der Waals surface area contributed by atoms with E-state index >= 15 is 0 Å². The molecule has 58 valence electrons. The fourth-order valence-electron chi connectivity index (χ4n) is 2.13. The van der Waals surface area contributed by atoms with Crippen molar-refractivity contribution in [1.82, 2.24) is 4.90 Å². The van der Waals surface area contributed by atoms with Gasteiger partial charge in [-0.1, -0.05) is 0 Å². The summed E-state index contributed by atoms with van der Waals surface area (Å²) in [5.74, 6) is 0. The Morgan fingerprint density at radius 3 is 2.80 bits per heavy atom. The maximum atomic E-state index is 5.40. The van der Waals surface area contributed by atoms with E-state index in [1.807, 2.05) is 0 Å². The van der Waals surface area contributed by atoms with Gasteiger partial charge in [-0.15, -0.1) is 0 Å². The number of nitrogens with zero attached hydrogens (tertiary/aromatic N) is 1. The quantitative estimate of drug-likeness (QED) is 0.493. The molecule has 0 aromatic heterocycles. The molecular formula is C8H15NO. The predicted octanol–water partition coefficient (Wildman–Crippen LogP) is 0.729. The molecule has 2 saturated heterocycles. The molecule has 1 atom stereocenters. The third-order valence-electron chi connectivity index (χ3n) is 2.81. The third kappa shape index (κ3) is 0.956. The summed E-state index contributed by atoms with van der Waals surface area (Å²) in [6, 6.07) is 0. The fourth-order valence-corrected chi connectivity index (χ4v) is 2.13. The van der Waals surface area contributed by atoms with Gasteiger partial charge in [0.05, 0.1) is 6.61 Å². The lowest BCUT2D eigenvalue weighted by molar-refractivity contribution is 0.154. The molecule has 2 heterocycles. The van der Waals surface area contributed by atoms with E-state index in [-0.39, 0.29) is 0 Å². The molecule has 2 heteroatoms. The summed E-state index contributed by atoms with van der Waals surface area (Å²) >= 11 is 0. The van der Waals surface area contributed by atoms with E-state index in [0.29, 0.717) is 5.41 Å². The van der Waals surface area contributed by atoms with Gasteiger partial charge in [0, 0.05) is 18.6 Å². The molecule has 0 aromatic carbocycles. The summed E-state index contributed by atoms with van der Waals surface area (Å²) in [5, 5.41) is 0. The van der Waals surface area contributed by atoms with Crippen LogP contribution in [-0.4, -0.2) is 38.3 Å². The Morgan fingerprint density at radius 2 is 2.30 bits per heavy atom. The summed E-state index contributed by atoms with van der Waals surface area (Å²) in [7, 11) is 2.20. The van der Waals surface area contributed by atoms with Crippen LogP contribution in [0.15, 0.2) is 0 Å². The summed E-state index contributed by atoms with van der Waals surface area (Å²) in [6.07, 6.45) is 2.64. The largest absolute Gasteiger partial charge is 0.381 e. The Morgan fingerprint density at radius 1 is 1.40 bits per heavy atom. The molecule has 0 saturated carbocycles. The van der Waals surface area contributed by atoms with Crippen LogP contribution < -0.4 is 0 Å². The summed E-state index contributed by atoms with van der Waals surface area (Å²) in [6.45, 7) is 4.53. The Hall–Kier alpha value is -0.0800. The minimum atomic E-state index is 0.564. The zero-order valence-corrected chi connectivity index (χ0v) is 6.60. The zero-order chi connectivity index (χ0) is 7.03. The van der Waals surface area contributed by atoms with Crippen LogP contribution in [0.25, 0.3) is 0 Å². The van der Waals surface area contributed by atoms with Crippen molar-refractivity contribution in [3.8, 4) is 0 Å². The van der Waals surface area contributed by atoms with Crippen LogP contribution in [0.5, 0.6) is 0 Å². The van der Waals surface area contributed by atoms with Crippen molar-refractivity contribution in [3.63, 3.8) is 0 Å². The Kier molecular flexibility index (Phi) is 1.46. The lowest BCUT2D eigenvalue weighted by Gasteiger charge is -2.19. The molecule has 10 heavy (non-hydrogen) atoms. The molecule has 0 radical (unpaired) electrons. The van der Waals surface area contributed by atoms with Gasteiger partial charge < -0.3 is 9.64 Å². The maximum absolute atomic E-state index is 5.40. The van der Waals surface area contributed by atoms with Crippen molar-refractivity contribution in [2.75, 3.05) is 33.4 Å². The zero-order valence-electron chi connectivity index (χ0n) is 6.60. The van der Waals surface area contributed by atoms with Gasteiger partial charge in [0.15, 0.2) is 0 Å². The molecular weight excluding hydrogens is 126 g/mol. The Balaban J connectivity index is 2.03. The van der Waals surface area contributed by atoms with E-state index in [0.717, 1.165) is 13.2 Å². The number of hydrogen-bond acceptors (Lipinski definition) is 2. The lowest BCUT2D eigenvalue weighted by Crippen LogP contribution is -2.24. The normalized spacial score (nSPS) is 41.7. The van der Waals surface area contributed by atoms with Gasteiger partial charge in [0.1, 0.15) is 0 Å². The highest BCUT2D eigenvalue weighted by molar-refractivity contribution is 4.91. The maximum Gasteiger partial charge on any atom is 0.0536 e. The number of ether oxygens (including phenoxy) is 1. The summed E-state index contributed by atoms with van der Waals surface area (Å²) in [4.78, 5) is 2.41. The van der Waals surface area contributed by atoms with Crippen LogP contribution in [-0.2, 0) is 4.74 Å². The van der Waals surface area contributed by atoms with E-state index in [1.165, 1.54) is 25.9 Å². The van der Waals surface area contributed by atoms with E-state index < -0.39 is 0 Å². The minimum Gasteiger partial charge on any atom is -0.381 e. The molecule has 2 aliphatic rings. The average Bonchev–Trinajstić information content (AvgIpc) is 2.46. The van der Waals surface area contributed by atoms with Crippen LogP contribution in [0, 0.1) is 5.41 Å². The highest BCUT2D eigenvalue weighted by atomic mass is 16.5. The van der Waals surface area contributed by atoms with Crippen LogP contribution in [0.2, 0.25) is 0 Å². The number of likely N-dealkylation sites (tertiary alicyclic amines) is 1. The van der Waals surface area contributed by atoms with E-state index in [2.05, 4.69) is 11.9 Å². The van der Waals surface area contributed by atoms with Gasteiger partial charge in [0.25, 0.3) is 0 Å². The number of hydrogen-bond donors (Lipinski definition) is 0. The molecule has 2 aliphatic heterocycles. The third-order valence-corrected chi connectivity index (χ3v) is 2.81. The topological polar surface area (TPSA) is 12.5 Å². The summed E-state index contributed by atoms with van der Waals surface area (Å²) in [5.41, 5.74) is 0.564. The highest BCUT2D eigenvalue weighted by Crippen LogP contribution is 2.37. The van der Waals surface area contributed by atoms with Crippen molar-refractivity contribution < 1.29 is 4.74 Å². The van der Waals surface area contributed by atoms with Gasteiger partial charge in [-0.05, 0) is 26.4 Å². The minimum absolute atomic E-state index is 0.564. The van der Waals surface area contributed by atoms with Gasteiger partial charge in [0.2, 0.25) is 0 Å². The van der Waals surface area contributed by atoms with Crippen molar-refractivity contribution in [2.45, 2.75) is 12.8 Å². The van der Waals surface area contributed by atoms with Gasteiger partial charge in [-0.3, -0.25) is 0 Å². The van der Waals surface area contributed by atoms with Crippen molar-refractivity contribution in [3.05, 3.63) is 0 Å². The highest BCUT2D eigenvalue weighted by Gasteiger charge is 2.39. The van der Waals surface area contributed by atoms with E-state index in [4.69, 9.17) is 4.74 Å². The lowest BCUT2D eigenvalue weighted by atomic mass is 9.87. The molecule has 0 unspecified atom stereocenters. The van der Waals surface area contributed by atoms with Gasteiger partial charge >= 0.3 is 0 Å². The van der Waals surface area contributed by atoms with Crippen molar-refractivity contribution >= 4 is 0 Å². The fraction of sp³-hybridized carbons (Fsp3) is 1.00. The molecule has 0 aliphatic carbocycles. The standard InChI is InChI=1S/C8H15NO/c1-9-4-2-8(6-9)3-5-10-7-8/h2-7H2,1H3/t8-/m1/s1. The summed E-state index contributed by atoms with van der Waals surface area (Å²) < 4.78 is 5.40. The molecule has 0 bridgehead atoms. The van der Waals surface area contributed by atoms with Crippen LogP contribution in [0.4, 0.5) is 0 Å². The molecule has 0 amide bonds. The van der Waals surface area contributed by atoms with Crippen molar-refractivity contribution in [1.29, 1.82) is 0 Å². The second-order valence-electron chi connectivity index (χ2n) is 3.79. The van der Waals surface area contributed by atoms with Crippen molar-refractivity contribution in [2.24, 2.45) is 5.41 Å². The van der Waals surface area contributed by atoms with Crippen LogP contribution >= 0.6 is 0 Å². The Bertz CT molecular complexity index is 129. The van der Waals surface area contributed by atoms with Crippen LogP contribution in [0.1, 0.15) is 12.8 Å². The molecule has 1 spiro atoms. The monoisotopic (exact) mass is 141 g/mol. The molecule has 0 aromatic rings. The first-order valence-electron chi connectivity index (χ1n) is 4.07. The second kappa shape index (κ2) is 2.21. The predicted molar refractivity (Wildman–Crippen MR) is 40.0 cm³/mol. The first-order chi connectivity index (χ1) is 4.81. The van der Waals surface area contributed by atoms with Gasteiger partial charge in [-0.25, -0.2) is 0 Å². The molecule has 2 fully saturated rings. The first kappa shape index (κ1) is 6.62. The van der Waals surface area contributed by atoms with Crippen LogP contribution in [0.3, 0.4) is 0 Å². The first-order valence-corrected chi connectivity index (χ1v) is 4.07.